The van der Waals surface area contributed by atoms with E-state index in [9.17, 15) is 13.2 Å². The first-order valence-corrected chi connectivity index (χ1v) is 8.42. The number of benzene rings is 2. The zero-order valence-electron chi connectivity index (χ0n) is 15.0. The number of hydrogen-bond acceptors (Lipinski definition) is 2. The molecule has 1 heterocycles. The summed E-state index contributed by atoms with van der Waals surface area (Å²) in [6.45, 7) is 4.72. The molecular formula is C21H19F3N2O. The van der Waals surface area contributed by atoms with E-state index in [0.29, 0.717) is 6.54 Å². The standard InChI is InChI=1S/C21H19F3N2O/c1-15-3-5-18(6-4-15)14-26-16(2)13-19(25-26)10-7-17-8-11-20(12-9-17)27-21(22,23)24/h3-13H,14H2,1-2H3. The Labute approximate surface area is 155 Å². The third kappa shape index (κ3) is 5.48. The van der Waals surface area contributed by atoms with Gasteiger partial charge in [-0.15, -0.1) is 13.2 Å². The van der Waals surface area contributed by atoms with E-state index in [0.717, 1.165) is 17.0 Å². The highest BCUT2D eigenvalue weighted by Gasteiger charge is 2.30. The lowest BCUT2D eigenvalue weighted by atomic mass is 10.1. The van der Waals surface area contributed by atoms with Gasteiger partial charge in [0.25, 0.3) is 0 Å². The minimum atomic E-state index is -4.68. The van der Waals surface area contributed by atoms with Gasteiger partial charge in [-0.3, -0.25) is 4.68 Å². The van der Waals surface area contributed by atoms with Crippen molar-refractivity contribution in [1.82, 2.24) is 9.78 Å². The fraction of sp³-hybridized carbons (Fsp3) is 0.190. The zero-order chi connectivity index (χ0) is 19.4. The maximum Gasteiger partial charge on any atom is 0.573 e. The second-order valence-electron chi connectivity index (χ2n) is 6.30. The van der Waals surface area contributed by atoms with E-state index in [1.54, 1.807) is 18.2 Å². The normalized spacial score (nSPS) is 11.9. The van der Waals surface area contributed by atoms with Crippen LogP contribution in [0.4, 0.5) is 13.2 Å². The van der Waals surface area contributed by atoms with Crippen molar-refractivity contribution in [2.45, 2.75) is 26.8 Å². The van der Waals surface area contributed by atoms with Crippen LogP contribution in [0.2, 0.25) is 0 Å². The predicted molar refractivity (Wildman–Crippen MR) is 99.3 cm³/mol. The van der Waals surface area contributed by atoms with E-state index in [2.05, 4.69) is 34.1 Å². The molecule has 0 saturated heterocycles. The Morgan fingerprint density at radius 1 is 0.963 bits per heavy atom. The van der Waals surface area contributed by atoms with Gasteiger partial charge < -0.3 is 4.74 Å². The van der Waals surface area contributed by atoms with E-state index in [1.165, 1.54) is 23.3 Å². The highest BCUT2D eigenvalue weighted by Crippen LogP contribution is 2.23. The number of aryl methyl sites for hydroxylation is 2. The Bertz CT molecular complexity index is 924. The molecule has 0 atom stereocenters. The first kappa shape index (κ1) is 18.8. The van der Waals surface area contributed by atoms with Crippen LogP contribution in [0, 0.1) is 13.8 Å². The number of hydrogen-bond donors (Lipinski definition) is 0. The smallest absolute Gasteiger partial charge is 0.406 e. The molecule has 0 unspecified atom stereocenters. The molecule has 27 heavy (non-hydrogen) atoms. The lowest BCUT2D eigenvalue weighted by Crippen LogP contribution is -2.16. The summed E-state index contributed by atoms with van der Waals surface area (Å²) in [6.07, 6.45) is -1.05. The molecule has 140 valence electrons. The van der Waals surface area contributed by atoms with E-state index < -0.39 is 6.36 Å². The fourth-order valence-electron chi connectivity index (χ4n) is 2.61. The third-order valence-corrected chi connectivity index (χ3v) is 4.01. The van der Waals surface area contributed by atoms with Crippen molar-refractivity contribution < 1.29 is 17.9 Å². The zero-order valence-corrected chi connectivity index (χ0v) is 15.0. The topological polar surface area (TPSA) is 27.1 Å². The van der Waals surface area contributed by atoms with E-state index in [1.807, 2.05) is 30.7 Å². The van der Waals surface area contributed by atoms with Crippen LogP contribution in [0.25, 0.3) is 12.2 Å². The van der Waals surface area contributed by atoms with Gasteiger partial charge in [-0.25, -0.2) is 0 Å². The van der Waals surface area contributed by atoms with Crippen LogP contribution >= 0.6 is 0 Å². The Hall–Kier alpha value is -3.02. The Morgan fingerprint density at radius 2 is 1.63 bits per heavy atom. The first-order valence-electron chi connectivity index (χ1n) is 8.42. The van der Waals surface area contributed by atoms with Gasteiger partial charge in [-0.2, -0.15) is 5.10 Å². The molecule has 0 N–H and O–H groups in total. The number of nitrogens with zero attached hydrogens (tertiary/aromatic N) is 2. The monoisotopic (exact) mass is 372 g/mol. The molecule has 6 heteroatoms. The molecule has 0 amide bonds. The maximum atomic E-state index is 12.2. The second kappa shape index (κ2) is 7.70. The molecule has 3 nitrogen and oxygen atoms in total. The molecule has 0 aliphatic heterocycles. The molecule has 0 spiro atoms. The van der Waals surface area contributed by atoms with E-state index >= 15 is 0 Å². The van der Waals surface area contributed by atoms with Crippen LogP contribution < -0.4 is 4.74 Å². The number of rotatable bonds is 5. The van der Waals surface area contributed by atoms with Crippen molar-refractivity contribution >= 4 is 12.2 Å². The van der Waals surface area contributed by atoms with Crippen LogP contribution in [0.15, 0.2) is 54.6 Å². The third-order valence-electron chi connectivity index (χ3n) is 4.01. The molecule has 0 bridgehead atoms. The summed E-state index contributed by atoms with van der Waals surface area (Å²) in [4.78, 5) is 0. The molecule has 3 aromatic rings. The maximum absolute atomic E-state index is 12.2. The Kier molecular flexibility index (Phi) is 5.35. The van der Waals surface area contributed by atoms with E-state index in [4.69, 9.17) is 0 Å². The van der Waals surface area contributed by atoms with Gasteiger partial charge in [0.2, 0.25) is 0 Å². The quantitative estimate of drug-likeness (QED) is 0.581. The van der Waals surface area contributed by atoms with E-state index in [-0.39, 0.29) is 5.75 Å². The fourth-order valence-corrected chi connectivity index (χ4v) is 2.61. The summed E-state index contributed by atoms with van der Waals surface area (Å²) in [5.41, 5.74) is 4.96. The van der Waals surface area contributed by atoms with Crippen LogP contribution in [-0.4, -0.2) is 16.1 Å². The summed E-state index contributed by atoms with van der Waals surface area (Å²) in [7, 11) is 0. The van der Waals surface area contributed by atoms with Gasteiger partial charge in [-0.1, -0.05) is 48.0 Å². The number of alkyl halides is 3. The minimum absolute atomic E-state index is 0.238. The second-order valence-corrected chi connectivity index (χ2v) is 6.30. The molecule has 0 fully saturated rings. The summed E-state index contributed by atoms with van der Waals surface area (Å²) < 4.78 is 42.3. The largest absolute Gasteiger partial charge is 0.573 e. The van der Waals surface area contributed by atoms with Gasteiger partial charge in [0.15, 0.2) is 0 Å². The highest BCUT2D eigenvalue weighted by atomic mass is 19.4. The van der Waals surface area contributed by atoms with Gasteiger partial charge in [0, 0.05) is 5.69 Å². The lowest BCUT2D eigenvalue weighted by Gasteiger charge is -2.08. The average molecular weight is 372 g/mol. The average Bonchev–Trinajstić information content (AvgIpc) is 2.95. The number of aromatic nitrogens is 2. The van der Waals surface area contributed by atoms with Gasteiger partial charge in [-0.05, 0) is 49.2 Å². The first-order chi connectivity index (χ1) is 12.8. The molecule has 2 aromatic carbocycles. The minimum Gasteiger partial charge on any atom is -0.406 e. The van der Waals surface area contributed by atoms with Crippen LogP contribution in [-0.2, 0) is 6.54 Å². The SMILES string of the molecule is Cc1ccc(Cn2nc(C=Cc3ccc(OC(F)(F)F)cc3)cc2C)cc1. The summed E-state index contributed by atoms with van der Waals surface area (Å²) in [5, 5.41) is 4.56. The Balaban J connectivity index is 1.68. The van der Waals surface area contributed by atoms with Crippen molar-refractivity contribution in [1.29, 1.82) is 0 Å². The molecular weight excluding hydrogens is 353 g/mol. The summed E-state index contributed by atoms with van der Waals surface area (Å²) in [5.74, 6) is -0.238. The molecule has 0 aliphatic carbocycles. The van der Waals surface area contributed by atoms with Gasteiger partial charge >= 0.3 is 6.36 Å². The summed E-state index contributed by atoms with van der Waals surface area (Å²) >= 11 is 0. The van der Waals surface area contributed by atoms with Gasteiger partial charge in [0.1, 0.15) is 5.75 Å². The molecule has 0 saturated carbocycles. The Morgan fingerprint density at radius 3 is 2.26 bits per heavy atom. The van der Waals surface area contributed by atoms with Crippen LogP contribution in [0.1, 0.15) is 28.1 Å². The van der Waals surface area contributed by atoms with Crippen LogP contribution in [0.3, 0.4) is 0 Å². The van der Waals surface area contributed by atoms with Crippen LogP contribution in [0.5, 0.6) is 5.75 Å². The van der Waals surface area contributed by atoms with Crippen molar-refractivity contribution in [3.63, 3.8) is 0 Å². The molecule has 1 aromatic heterocycles. The molecule has 0 aliphatic rings. The van der Waals surface area contributed by atoms with Crippen molar-refractivity contribution in [2.24, 2.45) is 0 Å². The predicted octanol–water partition coefficient (Wildman–Crippen LogP) is 5.62. The van der Waals surface area contributed by atoms with Crippen molar-refractivity contribution in [2.75, 3.05) is 0 Å². The number of halogens is 3. The highest BCUT2D eigenvalue weighted by molar-refractivity contribution is 5.68. The summed E-state index contributed by atoms with van der Waals surface area (Å²) in [6, 6.07) is 16.0. The van der Waals surface area contributed by atoms with Crippen molar-refractivity contribution in [3.8, 4) is 5.75 Å². The molecule has 3 rings (SSSR count). The van der Waals surface area contributed by atoms with Crippen molar-refractivity contribution in [3.05, 3.63) is 82.7 Å². The van der Waals surface area contributed by atoms with Gasteiger partial charge in [0.05, 0.1) is 12.2 Å². The number of ether oxygens (including phenoxy) is 1. The molecule has 0 radical (unpaired) electrons. The lowest BCUT2D eigenvalue weighted by molar-refractivity contribution is -0.274.